The molecule has 0 amide bonds. The van der Waals surface area contributed by atoms with E-state index in [4.69, 9.17) is 11.5 Å². The highest BCUT2D eigenvalue weighted by Gasteiger charge is 2.38. The lowest BCUT2D eigenvalue weighted by molar-refractivity contribution is 0.0544. The molecule has 1 aliphatic heterocycles. The molecule has 4 nitrogen and oxygen atoms in total. The minimum Gasteiger partial charge on any atom is -0.383 e. The number of hydrogen-bond acceptors (Lipinski definition) is 4. The minimum atomic E-state index is -0.0932. The molecular formula is C15H26N4. The van der Waals surface area contributed by atoms with Gasteiger partial charge < -0.3 is 11.5 Å². The van der Waals surface area contributed by atoms with Crippen LogP contribution in [-0.4, -0.2) is 28.5 Å². The lowest BCUT2D eigenvalue weighted by atomic mass is 9.82. The highest BCUT2D eigenvalue weighted by molar-refractivity contribution is 5.42. The number of hydrogen-bond donors (Lipinski definition) is 2. The van der Waals surface area contributed by atoms with Crippen molar-refractivity contribution in [2.24, 2.45) is 5.73 Å². The second-order valence-corrected chi connectivity index (χ2v) is 5.71. The number of nitrogens with zero attached hydrogens (tertiary/aromatic N) is 2. The second-order valence-electron chi connectivity index (χ2n) is 5.71. The van der Waals surface area contributed by atoms with E-state index in [2.05, 4.69) is 23.7 Å². The Bertz CT molecular complexity index is 414. The van der Waals surface area contributed by atoms with E-state index in [1.54, 1.807) is 6.20 Å². The molecule has 1 fully saturated rings. The summed E-state index contributed by atoms with van der Waals surface area (Å²) in [5.74, 6) is 0.562. The number of pyridine rings is 1. The molecule has 1 aromatic rings. The Morgan fingerprint density at radius 3 is 2.63 bits per heavy atom. The third kappa shape index (κ3) is 2.74. The van der Waals surface area contributed by atoms with Gasteiger partial charge in [-0.3, -0.25) is 4.90 Å². The Morgan fingerprint density at radius 1 is 1.37 bits per heavy atom. The number of nitrogen functional groups attached to an aromatic ring is 1. The maximum Gasteiger partial charge on any atom is 0.128 e. The second kappa shape index (κ2) is 5.88. The lowest BCUT2D eigenvalue weighted by Gasteiger charge is -2.47. The molecular weight excluding hydrogens is 236 g/mol. The molecule has 2 heterocycles. The van der Waals surface area contributed by atoms with Crippen molar-refractivity contribution in [3.05, 3.63) is 23.9 Å². The zero-order valence-electron chi connectivity index (χ0n) is 12.1. The van der Waals surface area contributed by atoms with E-state index in [-0.39, 0.29) is 11.6 Å². The summed E-state index contributed by atoms with van der Waals surface area (Å²) in [6.45, 7) is 6.74. The summed E-state index contributed by atoms with van der Waals surface area (Å²) in [7, 11) is 0. The first-order valence-corrected chi connectivity index (χ1v) is 7.30. The van der Waals surface area contributed by atoms with Gasteiger partial charge in [0.25, 0.3) is 0 Å². The van der Waals surface area contributed by atoms with E-state index in [1.807, 2.05) is 12.1 Å². The van der Waals surface area contributed by atoms with Crippen LogP contribution in [0.4, 0.5) is 5.82 Å². The molecule has 0 aliphatic carbocycles. The molecule has 2 unspecified atom stereocenters. The van der Waals surface area contributed by atoms with E-state index in [0.29, 0.717) is 5.82 Å². The largest absolute Gasteiger partial charge is 0.383 e. The van der Waals surface area contributed by atoms with Crippen LogP contribution in [0.1, 0.15) is 51.1 Å². The van der Waals surface area contributed by atoms with Gasteiger partial charge in [-0.05, 0) is 45.3 Å². The lowest BCUT2D eigenvalue weighted by Crippen LogP contribution is -2.54. The molecule has 19 heavy (non-hydrogen) atoms. The van der Waals surface area contributed by atoms with Crippen LogP contribution in [0.2, 0.25) is 0 Å². The van der Waals surface area contributed by atoms with E-state index in [0.717, 1.165) is 25.1 Å². The van der Waals surface area contributed by atoms with Crippen LogP contribution in [0.15, 0.2) is 18.3 Å². The van der Waals surface area contributed by atoms with Crippen molar-refractivity contribution in [2.45, 2.75) is 51.1 Å². The van der Waals surface area contributed by atoms with Gasteiger partial charge in [-0.25, -0.2) is 4.98 Å². The van der Waals surface area contributed by atoms with Crippen LogP contribution in [0.25, 0.3) is 0 Å². The predicted octanol–water partition coefficient (Wildman–Crippen LogP) is 2.32. The smallest absolute Gasteiger partial charge is 0.128 e. The van der Waals surface area contributed by atoms with Crippen molar-refractivity contribution >= 4 is 5.82 Å². The van der Waals surface area contributed by atoms with Crippen molar-refractivity contribution < 1.29 is 0 Å². The third-order valence-electron chi connectivity index (χ3n) is 4.67. The zero-order chi connectivity index (χ0) is 13.9. The molecule has 1 aromatic heterocycles. The standard InChI is InChI=1S/C15H26N4/c1-3-15(2,19-10-5-4-6-11-19)13(16)12-8-7-9-18-14(12)17/h7-9,13H,3-6,10-11,16H2,1-2H3,(H2,17,18). The quantitative estimate of drug-likeness (QED) is 0.873. The Kier molecular flexibility index (Phi) is 4.42. The van der Waals surface area contributed by atoms with Gasteiger partial charge in [0.15, 0.2) is 0 Å². The van der Waals surface area contributed by atoms with Crippen LogP contribution in [-0.2, 0) is 0 Å². The number of anilines is 1. The summed E-state index contributed by atoms with van der Waals surface area (Å²) >= 11 is 0. The van der Waals surface area contributed by atoms with Crippen LogP contribution in [0.3, 0.4) is 0 Å². The topological polar surface area (TPSA) is 68.2 Å². The fraction of sp³-hybridized carbons (Fsp3) is 0.667. The molecule has 0 aromatic carbocycles. The van der Waals surface area contributed by atoms with E-state index in [1.165, 1.54) is 19.3 Å². The molecule has 1 aliphatic rings. The zero-order valence-corrected chi connectivity index (χ0v) is 12.1. The van der Waals surface area contributed by atoms with Crippen LogP contribution in [0, 0.1) is 0 Å². The van der Waals surface area contributed by atoms with Gasteiger partial charge in [0, 0.05) is 17.3 Å². The van der Waals surface area contributed by atoms with Gasteiger partial charge in [-0.15, -0.1) is 0 Å². The minimum absolute atomic E-state index is 0.0441. The maximum atomic E-state index is 6.55. The Morgan fingerprint density at radius 2 is 2.05 bits per heavy atom. The molecule has 2 rings (SSSR count). The van der Waals surface area contributed by atoms with Crippen molar-refractivity contribution in [1.29, 1.82) is 0 Å². The Balaban J connectivity index is 2.27. The number of likely N-dealkylation sites (tertiary alicyclic amines) is 1. The summed E-state index contributed by atoms with van der Waals surface area (Å²) in [6.07, 6.45) is 6.61. The first-order valence-electron chi connectivity index (χ1n) is 7.30. The molecule has 4 N–H and O–H groups in total. The molecule has 106 valence electrons. The van der Waals surface area contributed by atoms with E-state index >= 15 is 0 Å². The van der Waals surface area contributed by atoms with Gasteiger partial charge in [0.05, 0.1) is 6.04 Å². The Labute approximate surface area is 116 Å². The number of aromatic nitrogens is 1. The molecule has 4 heteroatoms. The summed E-state index contributed by atoms with van der Waals surface area (Å²) in [5.41, 5.74) is 13.5. The van der Waals surface area contributed by atoms with Crippen molar-refractivity contribution in [1.82, 2.24) is 9.88 Å². The van der Waals surface area contributed by atoms with Gasteiger partial charge in [0.1, 0.15) is 5.82 Å². The van der Waals surface area contributed by atoms with Gasteiger partial charge >= 0.3 is 0 Å². The Hall–Kier alpha value is -1.13. The summed E-state index contributed by atoms with van der Waals surface area (Å²) in [5, 5.41) is 0. The van der Waals surface area contributed by atoms with Gasteiger partial charge in [-0.1, -0.05) is 19.4 Å². The molecule has 2 atom stereocenters. The maximum absolute atomic E-state index is 6.55. The third-order valence-corrected chi connectivity index (χ3v) is 4.67. The fourth-order valence-corrected chi connectivity index (χ4v) is 3.07. The highest BCUT2D eigenvalue weighted by atomic mass is 15.2. The summed E-state index contributed by atoms with van der Waals surface area (Å²) in [4.78, 5) is 6.71. The summed E-state index contributed by atoms with van der Waals surface area (Å²) in [6, 6.07) is 3.83. The molecule has 1 saturated heterocycles. The molecule has 0 saturated carbocycles. The average molecular weight is 262 g/mol. The monoisotopic (exact) mass is 262 g/mol. The number of nitrogens with two attached hydrogens (primary N) is 2. The average Bonchev–Trinajstić information content (AvgIpc) is 2.47. The normalized spacial score (nSPS) is 21.8. The molecule has 0 radical (unpaired) electrons. The van der Waals surface area contributed by atoms with E-state index < -0.39 is 0 Å². The van der Waals surface area contributed by atoms with E-state index in [9.17, 15) is 0 Å². The van der Waals surface area contributed by atoms with Crippen molar-refractivity contribution in [3.63, 3.8) is 0 Å². The van der Waals surface area contributed by atoms with Crippen LogP contribution >= 0.6 is 0 Å². The van der Waals surface area contributed by atoms with Gasteiger partial charge in [0.2, 0.25) is 0 Å². The van der Waals surface area contributed by atoms with Crippen molar-refractivity contribution in [2.75, 3.05) is 18.8 Å². The number of rotatable bonds is 4. The first kappa shape index (κ1) is 14.3. The van der Waals surface area contributed by atoms with Crippen molar-refractivity contribution in [3.8, 4) is 0 Å². The SMILES string of the molecule is CCC(C)(C(N)c1cccnc1N)N1CCCCC1. The predicted molar refractivity (Wildman–Crippen MR) is 79.7 cm³/mol. The number of piperidine rings is 1. The first-order chi connectivity index (χ1) is 9.09. The molecule has 0 spiro atoms. The molecule has 0 bridgehead atoms. The highest BCUT2D eigenvalue weighted by Crippen LogP contribution is 2.35. The van der Waals surface area contributed by atoms with Crippen LogP contribution < -0.4 is 11.5 Å². The fourth-order valence-electron chi connectivity index (χ4n) is 3.07. The summed E-state index contributed by atoms with van der Waals surface area (Å²) < 4.78 is 0. The van der Waals surface area contributed by atoms with Gasteiger partial charge in [-0.2, -0.15) is 0 Å². The van der Waals surface area contributed by atoms with Crippen LogP contribution in [0.5, 0.6) is 0 Å².